The van der Waals surface area contributed by atoms with Gasteiger partial charge in [-0.25, -0.2) is 4.98 Å². The molecule has 0 bridgehead atoms. The van der Waals surface area contributed by atoms with Gasteiger partial charge in [0.25, 0.3) is 0 Å². The Kier molecular flexibility index (Phi) is 5.33. The van der Waals surface area contributed by atoms with E-state index in [1.54, 1.807) is 18.6 Å². The highest BCUT2D eigenvalue weighted by molar-refractivity contribution is 5.76. The fourth-order valence-corrected chi connectivity index (χ4v) is 3.59. The van der Waals surface area contributed by atoms with Crippen molar-refractivity contribution in [3.63, 3.8) is 0 Å². The van der Waals surface area contributed by atoms with Crippen molar-refractivity contribution in [1.82, 2.24) is 14.9 Å². The summed E-state index contributed by atoms with van der Waals surface area (Å²) in [5.74, 6) is 1.25. The van der Waals surface area contributed by atoms with E-state index in [0.29, 0.717) is 24.8 Å². The third kappa shape index (κ3) is 4.23. The van der Waals surface area contributed by atoms with E-state index in [1.807, 2.05) is 4.90 Å². The van der Waals surface area contributed by atoms with Gasteiger partial charge in [0.05, 0.1) is 18.4 Å². The van der Waals surface area contributed by atoms with E-state index in [4.69, 9.17) is 9.47 Å². The second kappa shape index (κ2) is 7.47. The summed E-state index contributed by atoms with van der Waals surface area (Å²) in [5, 5.41) is 0. The lowest BCUT2D eigenvalue weighted by atomic mass is 9.83. The molecule has 0 saturated carbocycles. The molecule has 1 aromatic heterocycles. The van der Waals surface area contributed by atoms with Gasteiger partial charge in [0.1, 0.15) is 6.10 Å². The van der Waals surface area contributed by atoms with Gasteiger partial charge in [-0.3, -0.25) is 9.78 Å². The van der Waals surface area contributed by atoms with Crippen LogP contribution in [-0.4, -0.2) is 52.2 Å². The monoisotopic (exact) mass is 333 g/mol. The Bertz CT molecular complexity index is 542. The average Bonchev–Trinajstić information content (AvgIpc) is 2.56. The summed E-state index contributed by atoms with van der Waals surface area (Å²) in [6.45, 7) is 6.43. The van der Waals surface area contributed by atoms with Gasteiger partial charge < -0.3 is 14.4 Å². The fraction of sp³-hybridized carbons (Fsp3) is 0.722. The van der Waals surface area contributed by atoms with Crippen LogP contribution < -0.4 is 4.74 Å². The molecule has 2 fully saturated rings. The number of likely N-dealkylation sites (tertiary alicyclic amines) is 1. The van der Waals surface area contributed by atoms with Crippen molar-refractivity contribution in [3.05, 3.63) is 18.6 Å². The average molecular weight is 333 g/mol. The van der Waals surface area contributed by atoms with Crippen LogP contribution >= 0.6 is 0 Å². The van der Waals surface area contributed by atoms with Crippen LogP contribution in [0.1, 0.15) is 46.0 Å². The zero-order valence-corrected chi connectivity index (χ0v) is 14.6. The number of hydrogen-bond donors (Lipinski definition) is 0. The summed E-state index contributed by atoms with van der Waals surface area (Å²) in [6.07, 6.45) is 9.17. The van der Waals surface area contributed by atoms with E-state index < -0.39 is 0 Å². The smallest absolute Gasteiger partial charge is 0.232 e. The lowest BCUT2D eigenvalue weighted by Gasteiger charge is -2.46. The van der Waals surface area contributed by atoms with E-state index in [2.05, 4.69) is 23.8 Å². The predicted molar refractivity (Wildman–Crippen MR) is 89.6 cm³/mol. The third-order valence-electron chi connectivity index (χ3n) is 4.88. The number of nitrogens with zero attached hydrogens (tertiary/aromatic N) is 3. The first kappa shape index (κ1) is 17.1. The molecular formula is C18H27N3O3. The van der Waals surface area contributed by atoms with Gasteiger partial charge in [-0.05, 0) is 18.8 Å². The quantitative estimate of drug-likeness (QED) is 0.847. The maximum atomic E-state index is 12.2. The SMILES string of the molecule is CC(C)CC(=O)N1CCC2(CC1)CC(Oc1cnccn1)CCO2. The molecule has 1 aromatic rings. The lowest BCUT2D eigenvalue weighted by Crippen LogP contribution is -2.52. The molecule has 2 aliphatic rings. The van der Waals surface area contributed by atoms with Crippen LogP contribution in [0.2, 0.25) is 0 Å². The lowest BCUT2D eigenvalue weighted by molar-refractivity contribution is -0.152. The van der Waals surface area contributed by atoms with Gasteiger partial charge in [-0.15, -0.1) is 0 Å². The van der Waals surface area contributed by atoms with Crippen LogP contribution in [-0.2, 0) is 9.53 Å². The number of carbonyl (C=O) groups excluding carboxylic acids is 1. The highest BCUT2D eigenvalue weighted by Gasteiger charge is 2.42. The maximum Gasteiger partial charge on any atom is 0.232 e. The zero-order valence-electron chi connectivity index (χ0n) is 14.6. The van der Waals surface area contributed by atoms with Crippen LogP contribution in [0.15, 0.2) is 18.6 Å². The molecule has 0 aliphatic carbocycles. The van der Waals surface area contributed by atoms with E-state index in [-0.39, 0.29) is 17.6 Å². The van der Waals surface area contributed by atoms with Gasteiger partial charge >= 0.3 is 0 Å². The number of rotatable bonds is 4. The minimum atomic E-state index is -0.153. The van der Waals surface area contributed by atoms with Crippen LogP contribution in [0, 0.1) is 5.92 Å². The molecule has 3 heterocycles. The largest absolute Gasteiger partial charge is 0.473 e. The molecule has 3 rings (SSSR count). The Morgan fingerprint density at radius 1 is 1.42 bits per heavy atom. The minimum absolute atomic E-state index is 0.105. The fourth-order valence-electron chi connectivity index (χ4n) is 3.59. The summed E-state index contributed by atoms with van der Waals surface area (Å²) >= 11 is 0. The molecule has 24 heavy (non-hydrogen) atoms. The van der Waals surface area contributed by atoms with Crippen LogP contribution in [0.4, 0.5) is 0 Å². The Morgan fingerprint density at radius 2 is 2.21 bits per heavy atom. The van der Waals surface area contributed by atoms with Crippen molar-refractivity contribution in [2.75, 3.05) is 19.7 Å². The van der Waals surface area contributed by atoms with Gasteiger partial charge in [0.15, 0.2) is 0 Å². The van der Waals surface area contributed by atoms with Gasteiger partial charge in [0, 0.05) is 44.7 Å². The maximum absolute atomic E-state index is 12.2. The number of amides is 1. The Hall–Kier alpha value is -1.69. The molecule has 1 unspecified atom stereocenters. The standard InChI is InChI=1S/C18H27N3O3/c1-14(2)11-17(22)21-8-4-18(5-9-21)12-15(3-10-23-18)24-16-13-19-6-7-20-16/h6-7,13-15H,3-5,8-12H2,1-2H3. The summed E-state index contributed by atoms with van der Waals surface area (Å²) in [7, 11) is 0. The highest BCUT2D eigenvalue weighted by atomic mass is 16.5. The molecule has 6 nitrogen and oxygen atoms in total. The van der Waals surface area contributed by atoms with Crippen molar-refractivity contribution >= 4 is 5.91 Å². The van der Waals surface area contributed by atoms with Crippen molar-refractivity contribution in [2.45, 2.75) is 57.7 Å². The van der Waals surface area contributed by atoms with Crippen molar-refractivity contribution < 1.29 is 14.3 Å². The molecule has 6 heteroatoms. The van der Waals surface area contributed by atoms with Crippen LogP contribution in [0.3, 0.4) is 0 Å². The molecule has 0 radical (unpaired) electrons. The summed E-state index contributed by atoms with van der Waals surface area (Å²) in [6, 6.07) is 0. The van der Waals surface area contributed by atoms with E-state index >= 15 is 0 Å². The Balaban J connectivity index is 1.54. The molecule has 1 spiro atoms. The molecule has 132 valence electrons. The first-order valence-electron chi connectivity index (χ1n) is 8.91. The second-order valence-electron chi connectivity index (χ2n) is 7.29. The highest BCUT2D eigenvalue weighted by Crippen LogP contribution is 2.36. The molecule has 2 saturated heterocycles. The molecular weight excluding hydrogens is 306 g/mol. The van der Waals surface area contributed by atoms with Crippen LogP contribution in [0.25, 0.3) is 0 Å². The van der Waals surface area contributed by atoms with E-state index in [9.17, 15) is 4.79 Å². The molecule has 0 N–H and O–H groups in total. The van der Waals surface area contributed by atoms with E-state index in [1.165, 1.54) is 0 Å². The van der Waals surface area contributed by atoms with Gasteiger partial charge in [0.2, 0.25) is 11.8 Å². The molecule has 1 atom stereocenters. The minimum Gasteiger partial charge on any atom is -0.473 e. The summed E-state index contributed by atoms with van der Waals surface area (Å²) < 4.78 is 12.1. The Morgan fingerprint density at radius 3 is 2.88 bits per heavy atom. The number of ether oxygens (including phenoxy) is 2. The zero-order chi connectivity index (χ0) is 17.0. The van der Waals surface area contributed by atoms with Crippen molar-refractivity contribution in [2.24, 2.45) is 5.92 Å². The third-order valence-corrected chi connectivity index (χ3v) is 4.88. The predicted octanol–water partition coefficient (Wildman–Crippen LogP) is 2.44. The number of piperidine rings is 1. The number of hydrogen-bond acceptors (Lipinski definition) is 5. The first-order chi connectivity index (χ1) is 11.6. The van der Waals surface area contributed by atoms with Gasteiger partial charge in [-0.2, -0.15) is 0 Å². The molecule has 0 aromatic carbocycles. The van der Waals surface area contributed by atoms with Crippen LogP contribution in [0.5, 0.6) is 5.88 Å². The molecule has 1 amide bonds. The topological polar surface area (TPSA) is 64.6 Å². The van der Waals surface area contributed by atoms with Crippen molar-refractivity contribution in [3.8, 4) is 5.88 Å². The van der Waals surface area contributed by atoms with Gasteiger partial charge in [-0.1, -0.05) is 13.8 Å². The summed E-state index contributed by atoms with van der Waals surface area (Å²) in [4.78, 5) is 22.5. The van der Waals surface area contributed by atoms with E-state index in [0.717, 1.165) is 38.8 Å². The number of carbonyl (C=O) groups is 1. The number of aromatic nitrogens is 2. The summed E-state index contributed by atoms with van der Waals surface area (Å²) in [5.41, 5.74) is -0.153. The second-order valence-corrected chi connectivity index (χ2v) is 7.29. The first-order valence-corrected chi connectivity index (χ1v) is 8.91. The van der Waals surface area contributed by atoms with Crippen molar-refractivity contribution in [1.29, 1.82) is 0 Å². The Labute approximate surface area is 143 Å². The normalized spacial score (nSPS) is 23.5. The molecule has 2 aliphatic heterocycles.